The van der Waals surface area contributed by atoms with Crippen molar-refractivity contribution in [3.63, 3.8) is 0 Å². The summed E-state index contributed by atoms with van der Waals surface area (Å²) in [5.41, 5.74) is 0. The predicted molar refractivity (Wildman–Crippen MR) is 72.1 cm³/mol. The molecule has 0 spiro atoms. The van der Waals surface area contributed by atoms with Crippen LogP contribution < -0.4 is 10.6 Å². The maximum atomic E-state index is 11.8. The molecule has 20 heavy (non-hydrogen) atoms. The Hall–Kier alpha value is -1.98. The van der Waals surface area contributed by atoms with Crippen LogP contribution in [0, 0.1) is 11.8 Å². The van der Waals surface area contributed by atoms with Crippen LogP contribution in [0.4, 0.5) is 4.79 Å². The summed E-state index contributed by atoms with van der Waals surface area (Å²) in [7, 11) is 0. The third-order valence-corrected chi connectivity index (χ3v) is 3.82. The smallest absolute Gasteiger partial charge is 0.315 e. The first kappa shape index (κ1) is 14.4. The molecule has 1 aliphatic rings. The number of urea groups is 1. The Kier molecular flexibility index (Phi) is 4.65. The van der Waals surface area contributed by atoms with E-state index in [-0.39, 0.29) is 23.9 Å². The fraction of sp³-hybridized carbons (Fsp3) is 0.571. The standard InChI is InChI=1S/C14H20N2O4/c1-9(12-6-3-7-20-12)16-14(19)15-8-10-4-2-5-11(10)13(17)18/h3,6-7,9-11H,2,4-5,8H2,1H3,(H,17,18)(H2,15,16,19). The van der Waals surface area contributed by atoms with Crippen LogP contribution in [0.15, 0.2) is 22.8 Å². The summed E-state index contributed by atoms with van der Waals surface area (Å²) in [6.07, 6.45) is 4.02. The van der Waals surface area contributed by atoms with Crippen molar-refractivity contribution in [3.05, 3.63) is 24.2 Å². The van der Waals surface area contributed by atoms with Gasteiger partial charge in [-0.3, -0.25) is 4.79 Å². The highest BCUT2D eigenvalue weighted by Crippen LogP contribution is 2.31. The third kappa shape index (κ3) is 3.53. The molecule has 1 heterocycles. The number of carboxylic acids is 1. The minimum absolute atomic E-state index is 0.0252. The fourth-order valence-corrected chi connectivity index (χ4v) is 2.69. The molecule has 0 aromatic carbocycles. The summed E-state index contributed by atoms with van der Waals surface area (Å²) in [5.74, 6) is -0.391. The molecule has 0 bridgehead atoms. The largest absolute Gasteiger partial charge is 0.481 e. The van der Waals surface area contributed by atoms with Gasteiger partial charge in [0.15, 0.2) is 0 Å². The Balaban J connectivity index is 1.76. The van der Waals surface area contributed by atoms with Gasteiger partial charge in [0.05, 0.1) is 18.2 Å². The van der Waals surface area contributed by atoms with E-state index in [4.69, 9.17) is 9.52 Å². The summed E-state index contributed by atoms with van der Waals surface area (Å²) < 4.78 is 5.20. The Morgan fingerprint density at radius 1 is 1.50 bits per heavy atom. The molecular weight excluding hydrogens is 260 g/mol. The van der Waals surface area contributed by atoms with E-state index >= 15 is 0 Å². The second-order valence-corrected chi connectivity index (χ2v) is 5.23. The van der Waals surface area contributed by atoms with E-state index in [1.54, 1.807) is 18.4 Å². The Morgan fingerprint density at radius 3 is 2.95 bits per heavy atom. The number of hydrogen-bond donors (Lipinski definition) is 3. The van der Waals surface area contributed by atoms with Gasteiger partial charge in [-0.2, -0.15) is 0 Å². The Labute approximate surface area is 117 Å². The van der Waals surface area contributed by atoms with Gasteiger partial charge in [-0.1, -0.05) is 6.42 Å². The number of carbonyl (C=O) groups is 2. The number of aliphatic carboxylic acids is 1. The Morgan fingerprint density at radius 2 is 2.30 bits per heavy atom. The molecule has 3 atom stereocenters. The van der Waals surface area contributed by atoms with Crippen molar-refractivity contribution in [1.29, 1.82) is 0 Å². The van der Waals surface area contributed by atoms with Gasteiger partial charge in [0, 0.05) is 6.54 Å². The van der Waals surface area contributed by atoms with E-state index in [1.807, 2.05) is 6.92 Å². The number of carboxylic acid groups (broad SMARTS) is 1. The van der Waals surface area contributed by atoms with Crippen molar-refractivity contribution >= 4 is 12.0 Å². The zero-order chi connectivity index (χ0) is 14.5. The molecule has 0 saturated heterocycles. The molecule has 110 valence electrons. The fourth-order valence-electron chi connectivity index (χ4n) is 2.69. The third-order valence-electron chi connectivity index (χ3n) is 3.82. The van der Waals surface area contributed by atoms with Crippen LogP contribution in [-0.2, 0) is 4.79 Å². The van der Waals surface area contributed by atoms with Crippen LogP contribution in [0.25, 0.3) is 0 Å². The summed E-state index contributed by atoms with van der Waals surface area (Å²) in [6.45, 7) is 2.22. The lowest BCUT2D eigenvalue weighted by Gasteiger charge is -2.18. The highest BCUT2D eigenvalue weighted by molar-refractivity contribution is 5.74. The lowest BCUT2D eigenvalue weighted by Crippen LogP contribution is -2.40. The van der Waals surface area contributed by atoms with Crippen molar-refractivity contribution < 1.29 is 19.1 Å². The highest BCUT2D eigenvalue weighted by Gasteiger charge is 2.32. The molecular formula is C14H20N2O4. The molecule has 2 amide bonds. The molecule has 1 saturated carbocycles. The lowest BCUT2D eigenvalue weighted by atomic mass is 9.96. The van der Waals surface area contributed by atoms with E-state index in [2.05, 4.69) is 10.6 Å². The van der Waals surface area contributed by atoms with Crippen molar-refractivity contribution in [1.82, 2.24) is 10.6 Å². The summed E-state index contributed by atoms with van der Waals surface area (Å²) in [6, 6.07) is 3.04. The number of amides is 2. The molecule has 6 nitrogen and oxygen atoms in total. The van der Waals surface area contributed by atoms with E-state index in [0.717, 1.165) is 12.8 Å². The maximum Gasteiger partial charge on any atom is 0.315 e. The van der Waals surface area contributed by atoms with Crippen LogP contribution in [-0.4, -0.2) is 23.7 Å². The maximum absolute atomic E-state index is 11.8. The molecule has 2 rings (SSSR count). The molecule has 0 radical (unpaired) electrons. The van der Waals surface area contributed by atoms with Crippen molar-refractivity contribution in [2.75, 3.05) is 6.54 Å². The molecule has 3 N–H and O–H groups in total. The zero-order valence-electron chi connectivity index (χ0n) is 11.5. The molecule has 1 aliphatic carbocycles. The van der Waals surface area contributed by atoms with E-state index in [0.29, 0.717) is 18.7 Å². The molecule has 6 heteroatoms. The summed E-state index contributed by atoms with van der Waals surface area (Å²) in [4.78, 5) is 22.8. The summed E-state index contributed by atoms with van der Waals surface area (Å²) in [5, 5.41) is 14.6. The zero-order valence-corrected chi connectivity index (χ0v) is 11.5. The Bertz CT molecular complexity index is 458. The van der Waals surface area contributed by atoms with Crippen molar-refractivity contribution in [2.24, 2.45) is 11.8 Å². The minimum atomic E-state index is -0.765. The SMILES string of the molecule is CC(NC(=O)NCC1CCCC1C(=O)O)c1ccco1. The average Bonchev–Trinajstić information content (AvgIpc) is 3.07. The molecule has 0 aliphatic heterocycles. The van der Waals surface area contributed by atoms with Gasteiger partial charge < -0.3 is 20.2 Å². The van der Waals surface area contributed by atoms with Crippen LogP contribution >= 0.6 is 0 Å². The van der Waals surface area contributed by atoms with Crippen LogP contribution in [0.2, 0.25) is 0 Å². The number of rotatable bonds is 5. The van der Waals surface area contributed by atoms with Crippen LogP contribution in [0.5, 0.6) is 0 Å². The van der Waals surface area contributed by atoms with E-state index < -0.39 is 5.97 Å². The molecule has 1 aromatic rings. The normalized spacial score (nSPS) is 23.2. The first-order valence-corrected chi connectivity index (χ1v) is 6.88. The quantitative estimate of drug-likeness (QED) is 0.770. The molecule has 1 fully saturated rings. The van der Waals surface area contributed by atoms with Crippen molar-refractivity contribution in [2.45, 2.75) is 32.2 Å². The van der Waals surface area contributed by atoms with Gasteiger partial charge in [-0.15, -0.1) is 0 Å². The van der Waals surface area contributed by atoms with Crippen LogP contribution in [0.3, 0.4) is 0 Å². The summed E-state index contributed by atoms with van der Waals surface area (Å²) >= 11 is 0. The van der Waals surface area contributed by atoms with Gasteiger partial charge >= 0.3 is 12.0 Å². The monoisotopic (exact) mass is 280 g/mol. The number of carbonyl (C=O) groups excluding carboxylic acids is 1. The highest BCUT2D eigenvalue weighted by atomic mass is 16.4. The number of furan rings is 1. The van der Waals surface area contributed by atoms with Crippen molar-refractivity contribution in [3.8, 4) is 0 Å². The number of nitrogens with one attached hydrogen (secondary N) is 2. The van der Waals surface area contributed by atoms with Gasteiger partial charge in [-0.25, -0.2) is 4.79 Å². The topological polar surface area (TPSA) is 91.6 Å². The van der Waals surface area contributed by atoms with E-state index in [1.165, 1.54) is 0 Å². The van der Waals surface area contributed by atoms with Gasteiger partial charge in [0.1, 0.15) is 5.76 Å². The second kappa shape index (κ2) is 6.45. The van der Waals surface area contributed by atoms with E-state index in [9.17, 15) is 9.59 Å². The molecule has 1 aromatic heterocycles. The van der Waals surface area contributed by atoms with Gasteiger partial charge in [-0.05, 0) is 37.8 Å². The van der Waals surface area contributed by atoms with Gasteiger partial charge in [0.25, 0.3) is 0 Å². The second-order valence-electron chi connectivity index (χ2n) is 5.23. The van der Waals surface area contributed by atoms with Crippen LogP contribution in [0.1, 0.15) is 38.0 Å². The number of hydrogen-bond acceptors (Lipinski definition) is 3. The van der Waals surface area contributed by atoms with Gasteiger partial charge in [0.2, 0.25) is 0 Å². The first-order chi connectivity index (χ1) is 9.58. The molecule has 3 unspecified atom stereocenters. The first-order valence-electron chi connectivity index (χ1n) is 6.88. The lowest BCUT2D eigenvalue weighted by molar-refractivity contribution is -0.142. The minimum Gasteiger partial charge on any atom is -0.481 e. The average molecular weight is 280 g/mol. The predicted octanol–water partition coefficient (Wildman–Crippen LogP) is 2.14.